The van der Waals surface area contributed by atoms with Crippen LogP contribution in [0.5, 0.6) is 0 Å². The SMILES string of the molecule is N#Cc1ccc(CNCC2CCCC2C(=O)O)c(F)c1. The summed E-state index contributed by atoms with van der Waals surface area (Å²) >= 11 is 0. The summed E-state index contributed by atoms with van der Waals surface area (Å²) in [5.74, 6) is -1.31. The first kappa shape index (κ1) is 14.5. The molecule has 0 amide bonds. The number of hydrogen-bond acceptors (Lipinski definition) is 3. The lowest BCUT2D eigenvalue weighted by Gasteiger charge is -2.16. The molecule has 0 saturated heterocycles. The van der Waals surface area contributed by atoms with Crippen LogP contribution in [0.1, 0.15) is 30.4 Å². The number of rotatable bonds is 5. The molecule has 4 nitrogen and oxygen atoms in total. The molecule has 0 radical (unpaired) electrons. The van der Waals surface area contributed by atoms with Gasteiger partial charge in [0.1, 0.15) is 5.82 Å². The van der Waals surface area contributed by atoms with Crippen LogP contribution in [0.4, 0.5) is 4.39 Å². The molecule has 5 heteroatoms. The lowest BCUT2D eigenvalue weighted by atomic mass is 9.96. The van der Waals surface area contributed by atoms with Crippen molar-refractivity contribution in [2.45, 2.75) is 25.8 Å². The van der Waals surface area contributed by atoms with E-state index in [1.54, 1.807) is 12.1 Å². The maximum Gasteiger partial charge on any atom is 0.306 e. The van der Waals surface area contributed by atoms with Crippen LogP contribution in [0.15, 0.2) is 18.2 Å². The maximum absolute atomic E-state index is 13.7. The summed E-state index contributed by atoms with van der Waals surface area (Å²) in [6.45, 7) is 0.927. The quantitative estimate of drug-likeness (QED) is 0.865. The molecular weight excluding hydrogens is 259 g/mol. The Kier molecular flexibility index (Phi) is 4.70. The van der Waals surface area contributed by atoms with Crippen molar-refractivity contribution in [2.75, 3.05) is 6.54 Å². The number of carbonyl (C=O) groups is 1. The Bertz CT molecular complexity index is 539. The zero-order valence-corrected chi connectivity index (χ0v) is 11.1. The summed E-state index contributed by atoms with van der Waals surface area (Å²) in [5, 5.41) is 20.9. The van der Waals surface area contributed by atoms with Crippen LogP contribution in [-0.2, 0) is 11.3 Å². The third kappa shape index (κ3) is 3.34. The van der Waals surface area contributed by atoms with Crippen LogP contribution in [0.3, 0.4) is 0 Å². The van der Waals surface area contributed by atoms with E-state index in [1.807, 2.05) is 6.07 Å². The van der Waals surface area contributed by atoms with E-state index < -0.39 is 11.8 Å². The number of nitriles is 1. The zero-order chi connectivity index (χ0) is 14.5. The topological polar surface area (TPSA) is 73.1 Å². The van der Waals surface area contributed by atoms with Gasteiger partial charge >= 0.3 is 5.97 Å². The predicted molar refractivity (Wildman–Crippen MR) is 71.3 cm³/mol. The monoisotopic (exact) mass is 276 g/mol. The molecule has 1 aliphatic rings. The molecule has 0 aliphatic heterocycles. The van der Waals surface area contributed by atoms with Crippen LogP contribution in [0, 0.1) is 29.0 Å². The van der Waals surface area contributed by atoms with Crippen LogP contribution in [-0.4, -0.2) is 17.6 Å². The van der Waals surface area contributed by atoms with E-state index in [1.165, 1.54) is 6.07 Å². The van der Waals surface area contributed by atoms with E-state index in [0.29, 0.717) is 24.2 Å². The average Bonchev–Trinajstić information content (AvgIpc) is 2.89. The molecule has 2 rings (SSSR count). The number of aliphatic carboxylic acids is 1. The van der Waals surface area contributed by atoms with Gasteiger partial charge in [-0.1, -0.05) is 12.5 Å². The molecule has 20 heavy (non-hydrogen) atoms. The Hall–Kier alpha value is -1.93. The largest absolute Gasteiger partial charge is 0.481 e. The van der Waals surface area contributed by atoms with Crippen molar-refractivity contribution in [2.24, 2.45) is 11.8 Å². The summed E-state index contributed by atoms with van der Waals surface area (Å²) in [4.78, 5) is 11.1. The molecule has 1 fully saturated rings. The van der Waals surface area contributed by atoms with Crippen LogP contribution >= 0.6 is 0 Å². The first-order valence-corrected chi connectivity index (χ1v) is 6.74. The van der Waals surface area contributed by atoms with Gasteiger partial charge in [-0.3, -0.25) is 4.79 Å². The number of carboxylic acid groups (broad SMARTS) is 1. The van der Waals surface area contributed by atoms with Crippen molar-refractivity contribution in [1.82, 2.24) is 5.32 Å². The molecule has 0 aromatic heterocycles. The predicted octanol–water partition coefficient (Wildman–Crippen LogP) is 2.29. The highest BCUT2D eigenvalue weighted by molar-refractivity contribution is 5.70. The summed E-state index contributed by atoms with van der Waals surface area (Å²) in [7, 11) is 0. The number of benzene rings is 1. The molecule has 1 aromatic rings. The first-order valence-electron chi connectivity index (χ1n) is 6.74. The molecule has 0 bridgehead atoms. The number of nitrogens with zero attached hydrogens (tertiary/aromatic N) is 1. The maximum atomic E-state index is 13.7. The van der Waals surface area contributed by atoms with Crippen molar-refractivity contribution in [1.29, 1.82) is 5.26 Å². The average molecular weight is 276 g/mol. The van der Waals surface area contributed by atoms with Gasteiger partial charge in [-0.25, -0.2) is 4.39 Å². The second kappa shape index (κ2) is 6.49. The number of carboxylic acids is 1. The molecule has 1 aromatic carbocycles. The van der Waals surface area contributed by atoms with Crippen molar-refractivity contribution >= 4 is 5.97 Å². The van der Waals surface area contributed by atoms with Crippen LogP contribution in [0.25, 0.3) is 0 Å². The van der Waals surface area contributed by atoms with Gasteiger partial charge in [0, 0.05) is 12.1 Å². The van der Waals surface area contributed by atoms with E-state index in [2.05, 4.69) is 5.32 Å². The Morgan fingerprint density at radius 1 is 1.50 bits per heavy atom. The van der Waals surface area contributed by atoms with Crippen molar-refractivity contribution in [3.8, 4) is 6.07 Å². The van der Waals surface area contributed by atoms with Gasteiger partial charge in [-0.05, 0) is 37.4 Å². The summed E-state index contributed by atoms with van der Waals surface area (Å²) < 4.78 is 13.7. The Labute approximate surface area is 117 Å². The van der Waals surface area contributed by atoms with Crippen molar-refractivity contribution in [3.05, 3.63) is 35.1 Å². The minimum Gasteiger partial charge on any atom is -0.481 e. The van der Waals surface area contributed by atoms with Gasteiger partial charge in [-0.15, -0.1) is 0 Å². The van der Waals surface area contributed by atoms with E-state index in [4.69, 9.17) is 10.4 Å². The highest BCUT2D eigenvalue weighted by Crippen LogP contribution is 2.31. The standard InChI is InChI=1S/C15H17FN2O2/c16-14-6-10(7-17)4-5-12(14)9-18-8-11-2-1-3-13(11)15(19)20/h4-6,11,13,18H,1-3,8-9H2,(H,19,20). The van der Waals surface area contributed by atoms with Crippen molar-refractivity contribution < 1.29 is 14.3 Å². The lowest BCUT2D eigenvalue weighted by molar-refractivity contribution is -0.142. The van der Waals surface area contributed by atoms with Crippen LogP contribution in [0.2, 0.25) is 0 Å². The molecule has 2 N–H and O–H groups in total. The molecule has 2 unspecified atom stereocenters. The Morgan fingerprint density at radius 2 is 2.30 bits per heavy atom. The van der Waals surface area contributed by atoms with E-state index in [-0.39, 0.29) is 11.8 Å². The minimum atomic E-state index is -0.737. The second-order valence-electron chi connectivity index (χ2n) is 5.18. The number of halogens is 1. The van der Waals surface area contributed by atoms with Gasteiger partial charge in [-0.2, -0.15) is 5.26 Å². The second-order valence-corrected chi connectivity index (χ2v) is 5.18. The van der Waals surface area contributed by atoms with Gasteiger partial charge in [0.2, 0.25) is 0 Å². The molecule has 1 aliphatic carbocycles. The molecule has 0 heterocycles. The molecule has 106 valence electrons. The molecule has 0 spiro atoms. The fourth-order valence-corrected chi connectivity index (χ4v) is 2.76. The van der Waals surface area contributed by atoms with Crippen LogP contribution < -0.4 is 5.32 Å². The molecule has 1 saturated carbocycles. The van der Waals surface area contributed by atoms with Gasteiger partial charge in [0.05, 0.1) is 17.6 Å². The van der Waals surface area contributed by atoms with Gasteiger partial charge < -0.3 is 10.4 Å². The van der Waals surface area contributed by atoms with E-state index in [9.17, 15) is 9.18 Å². The zero-order valence-electron chi connectivity index (χ0n) is 11.1. The summed E-state index contributed by atoms with van der Waals surface area (Å²) in [6, 6.07) is 6.27. The third-order valence-electron chi connectivity index (χ3n) is 3.88. The molecular formula is C15H17FN2O2. The fraction of sp³-hybridized carbons (Fsp3) is 0.467. The number of nitrogens with one attached hydrogen (secondary N) is 1. The highest BCUT2D eigenvalue weighted by atomic mass is 19.1. The third-order valence-corrected chi connectivity index (χ3v) is 3.88. The Morgan fingerprint density at radius 3 is 2.95 bits per heavy atom. The number of hydrogen-bond donors (Lipinski definition) is 2. The first-order chi connectivity index (χ1) is 9.61. The highest BCUT2D eigenvalue weighted by Gasteiger charge is 2.32. The molecule has 2 atom stereocenters. The summed E-state index contributed by atoms with van der Waals surface area (Å²) in [6.07, 6.45) is 2.57. The minimum absolute atomic E-state index is 0.119. The summed E-state index contributed by atoms with van der Waals surface area (Å²) in [5.41, 5.74) is 0.793. The fourth-order valence-electron chi connectivity index (χ4n) is 2.76. The van der Waals surface area contributed by atoms with Crippen molar-refractivity contribution in [3.63, 3.8) is 0 Å². The van der Waals surface area contributed by atoms with E-state index in [0.717, 1.165) is 19.3 Å². The van der Waals surface area contributed by atoms with Gasteiger partial charge in [0.25, 0.3) is 0 Å². The smallest absolute Gasteiger partial charge is 0.306 e. The Balaban J connectivity index is 1.87. The normalized spacial score (nSPS) is 21.6. The van der Waals surface area contributed by atoms with E-state index >= 15 is 0 Å². The van der Waals surface area contributed by atoms with Gasteiger partial charge in [0.15, 0.2) is 0 Å². The lowest BCUT2D eigenvalue weighted by Crippen LogP contribution is -2.29.